The Bertz CT molecular complexity index is 700. The fourth-order valence-electron chi connectivity index (χ4n) is 2.07. The van der Waals surface area contributed by atoms with Crippen LogP contribution in [0, 0.1) is 17.0 Å². The average Bonchev–Trinajstić information content (AvgIpc) is 2.44. The number of nitrogens with zero attached hydrogens (tertiary/aromatic N) is 2. The van der Waals surface area contributed by atoms with Gasteiger partial charge >= 0.3 is 128 Å². The van der Waals surface area contributed by atoms with Crippen molar-refractivity contribution in [3.63, 3.8) is 0 Å². The van der Waals surface area contributed by atoms with Gasteiger partial charge in [0.05, 0.1) is 0 Å². The molecule has 1 aromatic heterocycles. The molecule has 0 bridgehead atoms. The van der Waals surface area contributed by atoms with Crippen molar-refractivity contribution >= 4 is 26.1 Å². The van der Waals surface area contributed by atoms with E-state index in [0.29, 0.717) is 9.32 Å². The molecular weight excluding hydrogens is 333 g/mol. The summed E-state index contributed by atoms with van der Waals surface area (Å²) in [7, 11) is 0. The third-order valence-electron chi connectivity index (χ3n) is 3.09. The standard InChI is InChI=1S/C14H15AsN3O3/c1-3-11(10-7-5-4-6-8-10)15-14-16-9(2)12(18(20)21)13(19)17-14/h4-8,11H,3H2,1-2H3,(H,16,17,19). The molecule has 2 rings (SSSR count). The summed E-state index contributed by atoms with van der Waals surface area (Å²) in [5, 5.41) is 10.8. The molecule has 0 aliphatic heterocycles. The molecular formula is C14H15AsN3O3. The third kappa shape index (κ3) is 3.58. The predicted octanol–water partition coefficient (Wildman–Crippen LogP) is 1.47. The molecule has 1 heterocycles. The van der Waals surface area contributed by atoms with Crippen LogP contribution < -0.4 is 10.2 Å². The molecule has 7 heteroatoms. The molecule has 2 aromatic rings. The minimum atomic E-state index is -0.685. The van der Waals surface area contributed by atoms with Crippen LogP contribution in [0.1, 0.15) is 29.3 Å². The molecule has 109 valence electrons. The van der Waals surface area contributed by atoms with Gasteiger partial charge in [-0.15, -0.1) is 0 Å². The Hall–Kier alpha value is -1.94. The monoisotopic (exact) mass is 348 g/mol. The van der Waals surface area contributed by atoms with Gasteiger partial charge in [0.25, 0.3) is 0 Å². The Kier molecular flexibility index (Phi) is 4.91. The molecule has 0 amide bonds. The van der Waals surface area contributed by atoms with Gasteiger partial charge in [-0.3, -0.25) is 0 Å². The zero-order valence-electron chi connectivity index (χ0n) is 11.7. The molecule has 1 radical (unpaired) electrons. The molecule has 1 atom stereocenters. The summed E-state index contributed by atoms with van der Waals surface area (Å²) in [6.07, 6.45) is 0.934. The van der Waals surface area contributed by atoms with Gasteiger partial charge in [0, 0.05) is 0 Å². The summed E-state index contributed by atoms with van der Waals surface area (Å²) in [4.78, 5) is 28.7. The second-order valence-electron chi connectivity index (χ2n) is 4.54. The maximum atomic E-state index is 11.8. The Labute approximate surface area is 128 Å². The fraction of sp³-hybridized carbons (Fsp3) is 0.286. The van der Waals surface area contributed by atoms with Crippen LogP contribution in [0.15, 0.2) is 35.1 Å². The summed E-state index contributed by atoms with van der Waals surface area (Å²) >= 11 is -0.407. The Morgan fingerprint density at radius 3 is 2.57 bits per heavy atom. The van der Waals surface area contributed by atoms with E-state index in [0.717, 1.165) is 6.42 Å². The van der Waals surface area contributed by atoms with Crippen molar-refractivity contribution in [3.05, 3.63) is 62.1 Å². The number of aryl methyl sites for hydroxylation is 1. The second-order valence-corrected chi connectivity index (χ2v) is 7.28. The number of nitro groups is 1. The van der Waals surface area contributed by atoms with Crippen LogP contribution in [-0.2, 0) is 0 Å². The third-order valence-corrected chi connectivity index (χ3v) is 6.09. The first-order valence-electron chi connectivity index (χ1n) is 6.54. The number of rotatable bonds is 5. The molecule has 6 nitrogen and oxygen atoms in total. The SMILES string of the molecule is CCC([As]c1nc(C)c([N+](=O)[O-])c(=O)[nH]1)c1ccccc1. The number of nitrogens with one attached hydrogen (secondary N) is 1. The van der Waals surface area contributed by atoms with E-state index in [4.69, 9.17) is 0 Å². The molecule has 0 saturated carbocycles. The van der Waals surface area contributed by atoms with Crippen molar-refractivity contribution in [1.82, 2.24) is 9.97 Å². The van der Waals surface area contributed by atoms with E-state index in [1.807, 2.05) is 18.2 Å². The molecule has 0 spiro atoms. The van der Waals surface area contributed by atoms with Crippen molar-refractivity contribution in [3.8, 4) is 0 Å². The molecule has 21 heavy (non-hydrogen) atoms. The first-order chi connectivity index (χ1) is 10.0. The zero-order chi connectivity index (χ0) is 15.4. The first-order valence-corrected chi connectivity index (χ1v) is 8.56. The van der Waals surface area contributed by atoms with Crippen molar-refractivity contribution < 1.29 is 4.92 Å². The number of H-pyrrole nitrogens is 1. The molecule has 1 N–H and O–H groups in total. The van der Waals surface area contributed by atoms with Gasteiger partial charge in [0.15, 0.2) is 0 Å². The Morgan fingerprint density at radius 1 is 1.38 bits per heavy atom. The van der Waals surface area contributed by atoms with Crippen molar-refractivity contribution in [1.29, 1.82) is 0 Å². The van der Waals surface area contributed by atoms with Crippen molar-refractivity contribution in [2.24, 2.45) is 0 Å². The van der Waals surface area contributed by atoms with E-state index in [1.165, 1.54) is 12.5 Å². The quantitative estimate of drug-likeness (QED) is 0.503. The fourth-order valence-corrected chi connectivity index (χ4v) is 4.53. The van der Waals surface area contributed by atoms with Gasteiger partial charge in [-0.05, 0) is 0 Å². The Morgan fingerprint density at radius 2 is 2.05 bits per heavy atom. The van der Waals surface area contributed by atoms with Crippen LogP contribution >= 0.6 is 0 Å². The molecule has 1 unspecified atom stereocenters. The van der Waals surface area contributed by atoms with E-state index >= 15 is 0 Å². The topological polar surface area (TPSA) is 88.9 Å². The molecule has 0 saturated heterocycles. The van der Waals surface area contributed by atoms with Crippen LogP contribution in [0.4, 0.5) is 5.69 Å². The van der Waals surface area contributed by atoms with Crippen molar-refractivity contribution in [2.75, 3.05) is 0 Å². The van der Waals surface area contributed by atoms with Crippen LogP contribution in [0.25, 0.3) is 0 Å². The van der Waals surface area contributed by atoms with Gasteiger partial charge in [-0.2, -0.15) is 0 Å². The molecule has 0 fully saturated rings. The first kappa shape index (κ1) is 15.4. The molecule has 0 aliphatic carbocycles. The van der Waals surface area contributed by atoms with E-state index in [1.54, 1.807) is 0 Å². The number of aromatic nitrogens is 2. The molecule has 1 aromatic carbocycles. The van der Waals surface area contributed by atoms with E-state index in [-0.39, 0.29) is 5.69 Å². The maximum absolute atomic E-state index is 11.8. The number of aromatic amines is 1. The number of hydrogen-bond donors (Lipinski definition) is 1. The minimum absolute atomic E-state index is 0.178. The summed E-state index contributed by atoms with van der Waals surface area (Å²) < 4.78 is 0.890. The van der Waals surface area contributed by atoms with Gasteiger partial charge in [0.1, 0.15) is 0 Å². The second kappa shape index (κ2) is 6.67. The van der Waals surface area contributed by atoms with Crippen LogP contribution in [0.5, 0.6) is 0 Å². The zero-order valence-corrected chi connectivity index (χ0v) is 13.6. The number of hydrogen-bond acceptors (Lipinski definition) is 4. The van der Waals surface area contributed by atoms with E-state index < -0.39 is 31.9 Å². The molecule has 0 aliphatic rings. The summed E-state index contributed by atoms with van der Waals surface area (Å²) in [6, 6.07) is 10.0. The predicted molar refractivity (Wildman–Crippen MR) is 81.1 cm³/mol. The van der Waals surface area contributed by atoms with Crippen LogP contribution in [0.2, 0.25) is 0 Å². The van der Waals surface area contributed by atoms with E-state index in [2.05, 4.69) is 29.0 Å². The van der Waals surface area contributed by atoms with Crippen LogP contribution in [0.3, 0.4) is 0 Å². The summed E-state index contributed by atoms with van der Waals surface area (Å²) in [5.74, 6) is 0. The van der Waals surface area contributed by atoms with Gasteiger partial charge in [-0.25, -0.2) is 0 Å². The average molecular weight is 348 g/mol. The van der Waals surface area contributed by atoms with Crippen LogP contribution in [-0.4, -0.2) is 30.6 Å². The van der Waals surface area contributed by atoms with Gasteiger partial charge in [-0.1, -0.05) is 0 Å². The normalized spacial score (nSPS) is 12.7. The summed E-state index contributed by atoms with van der Waals surface area (Å²) in [6.45, 7) is 3.59. The Balaban J connectivity index is 2.31. The van der Waals surface area contributed by atoms with Crippen molar-refractivity contribution in [2.45, 2.75) is 25.0 Å². The van der Waals surface area contributed by atoms with E-state index in [9.17, 15) is 14.9 Å². The summed E-state index contributed by atoms with van der Waals surface area (Å²) in [5.41, 5.74) is 0.254. The van der Waals surface area contributed by atoms with Gasteiger partial charge in [0.2, 0.25) is 0 Å². The number of benzene rings is 1. The van der Waals surface area contributed by atoms with Gasteiger partial charge < -0.3 is 0 Å².